The first-order chi connectivity index (χ1) is 12.6. The van der Waals surface area contributed by atoms with Crippen LogP contribution in [0.25, 0.3) is 0 Å². The van der Waals surface area contributed by atoms with Crippen molar-refractivity contribution in [2.75, 3.05) is 66.8 Å². The van der Waals surface area contributed by atoms with E-state index in [1.54, 1.807) is 0 Å². The van der Waals surface area contributed by atoms with Crippen molar-refractivity contribution in [2.45, 2.75) is 51.5 Å². The maximum atomic E-state index is 11.8. The fourth-order valence-corrected chi connectivity index (χ4v) is 2.57. The zero-order chi connectivity index (χ0) is 19.5. The van der Waals surface area contributed by atoms with Gasteiger partial charge in [0, 0.05) is 26.7 Å². The van der Waals surface area contributed by atoms with E-state index in [2.05, 4.69) is 22.9 Å². The second-order valence-corrected chi connectivity index (χ2v) is 6.74. The van der Waals surface area contributed by atoms with Crippen molar-refractivity contribution in [3.05, 3.63) is 0 Å². The molecule has 3 N–H and O–H groups in total. The normalized spacial score (nSPS) is 11.7. The Morgan fingerprint density at radius 1 is 0.808 bits per heavy atom. The minimum atomic E-state index is -0.642. The number of rotatable bonds is 19. The van der Waals surface area contributed by atoms with E-state index in [0.717, 1.165) is 45.2 Å². The lowest BCUT2D eigenvalue weighted by atomic mass is 10.0. The Kier molecular flexibility index (Phi) is 17.2. The van der Waals surface area contributed by atoms with Crippen molar-refractivity contribution in [1.82, 2.24) is 16.0 Å². The standard InChI is InChI=1S/C19H41N3O4/c1-5-6-7-12-24-15-19(22-18(2)23,16-25-13-8-10-20-3)17-26-14-9-11-21-4/h20-21H,5-17H2,1-4H3,(H,22,23). The van der Waals surface area contributed by atoms with E-state index in [4.69, 9.17) is 14.2 Å². The number of hydrogen-bond donors (Lipinski definition) is 3. The van der Waals surface area contributed by atoms with E-state index < -0.39 is 5.54 Å². The van der Waals surface area contributed by atoms with E-state index in [-0.39, 0.29) is 5.91 Å². The summed E-state index contributed by atoms with van der Waals surface area (Å²) in [6.07, 6.45) is 5.18. The average molecular weight is 376 g/mol. The third-order valence-electron chi connectivity index (χ3n) is 3.90. The summed E-state index contributed by atoms with van der Waals surface area (Å²) in [5.41, 5.74) is -0.642. The van der Waals surface area contributed by atoms with Crippen molar-refractivity contribution < 1.29 is 19.0 Å². The van der Waals surface area contributed by atoms with Gasteiger partial charge in [0.1, 0.15) is 5.54 Å². The van der Waals surface area contributed by atoms with Crippen LogP contribution in [-0.4, -0.2) is 78.3 Å². The Morgan fingerprint density at radius 2 is 1.27 bits per heavy atom. The molecule has 0 bridgehead atoms. The first-order valence-corrected chi connectivity index (χ1v) is 9.91. The lowest BCUT2D eigenvalue weighted by Crippen LogP contribution is -2.58. The second-order valence-electron chi connectivity index (χ2n) is 6.74. The topological polar surface area (TPSA) is 80.8 Å². The van der Waals surface area contributed by atoms with Gasteiger partial charge in [-0.2, -0.15) is 0 Å². The smallest absolute Gasteiger partial charge is 0.217 e. The molecule has 0 aliphatic carbocycles. The van der Waals surface area contributed by atoms with Crippen LogP contribution in [0.5, 0.6) is 0 Å². The van der Waals surface area contributed by atoms with Crippen molar-refractivity contribution in [2.24, 2.45) is 0 Å². The van der Waals surface area contributed by atoms with Gasteiger partial charge in [0.05, 0.1) is 19.8 Å². The summed E-state index contributed by atoms with van der Waals surface area (Å²) < 4.78 is 17.5. The highest BCUT2D eigenvalue weighted by atomic mass is 16.5. The van der Waals surface area contributed by atoms with Crippen LogP contribution < -0.4 is 16.0 Å². The molecule has 0 heterocycles. The SMILES string of the molecule is CCCCCOCC(COCCCNC)(COCCCNC)NC(C)=O. The fourth-order valence-electron chi connectivity index (χ4n) is 2.57. The minimum Gasteiger partial charge on any atom is -0.379 e. The molecule has 0 spiro atoms. The molecule has 7 nitrogen and oxygen atoms in total. The molecule has 156 valence electrons. The first kappa shape index (κ1) is 25.3. The number of amides is 1. The fraction of sp³-hybridized carbons (Fsp3) is 0.947. The maximum absolute atomic E-state index is 11.8. The molecule has 7 heteroatoms. The highest BCUT2D eigenvalue weighted by Crippen LogP contribution is 2.10. The molecule has 0 aliphatic heterocycles. The summed E-state index contributed by atoms with van der Waals surface area (Å²) in [4.78, 5) is 11.8. The van der Waals surface area contributed by atoms with Gasteiger partial charge >= 0.3 is 0 Å². The number of hydrogen-bond acceptors (Lipinski definition) is 6. The summed E-state index contributed by atoms with van der Waals surface area (Å²) in [7, 11) is 3.84. The summed E-state index contributed by atoms with van der Waals surface area (Å²) in [5.74, 6) is -0.0974. The second kappa shape index (κ2) is 17.7. The van der Waals surface area contributed by atoms with Gasteiger partial charge in [-0.1, -0.05) is 19.8 Å². The van der Waals surface area contributed by atoms with E-state index in [0.29, 0.717) is 39.6 Å². The molecule has 0 radical (unpaired) electrons. The van der Waals surface area contributed by atoms with Crippen LogP contribution in [0.2, 0.25) is 0 Å². The van der Waals surface area contributed by atoms with Crippen molar-refractivity contribution in [3.8, 4) is 0 Å². The number of nitrogens with one attached hydrogen (secondary N) is 3. The van der Waals surface area contributed by atoms with Crippen LogP contribution in [-0.2, 0) is 19.0 Å². The Bertz CT molecular complexity index is 294. The third kappa shape index (κ3) is 14.4. The van der Waals surface area contributed by atoms with E-state index in [9.17, 15) is 4.79 Å². The van der Waals surface area contributed by atoms with E-state index in [1.807, 2.05) is 14.1 Å². The Labute approximate surface area is 159 Å². The van der Waals surface area contributed by atoms with E-state index in [1.165, 1.54) is 6.92 Å². The first-order valence-electron chi connectivity index (χ1n) is 9.91. The van der Waals surface area contributed by atoms with Crippen molar-refractivity contribution in [1.29, 1.82) is 0 Å². The van der Waals surface area contributed by atoms with Crippen molar-refractivity contribution >= 4 is 5.91 Å². The van der Waals surface area contributed by atoms with Crippen molar-refractivity contribution in [3.63, 3.8) is 0 Å². The van der Waals surface area contributed by atoms with Gasteiger partial charge in [-0.05, 0) is 46.4 Å². The number of carbonyl (C=O) groups is 1. The van der Waals surface area contributed by atoms with Gasteiger partial charge in [0.15, 0.2) is 0 Å². The molecule has 0 aromatic rings. The van der Waals surface area contributed by atoms with Gasteiger partial charge in [0.25, 0.3) is 0 Å². The molecule has 26 heavy (non-hydrogen) atoms. The van der Waals surface area contributed by atoms with Crippen LogP contribution in [0.1, 0.15) is 46.0 Å². The molecular weight excluding hydrogens is 334 g/mol. The highest BCUT2D eigenvalue weighted by Gasteiger charge is 2.32. The average Bonchev–Trinajstić information content (AvgIpc) is 2.60. The van der Waals surface area contributed by atoms with Crippen LogP contribution in [0, 0.1) is 0 Å². The van der Waals surface area contributed by atoms with Gasteiger partial charge < -0.3 is 30.2 Å². The molecule has 1 amide bonds. The molecule has 0 aromatic carbocycles. The monoisotopic (exact) mass is 375 g/mol. The summed E-state index contributed by atoms with van der Waals surface area (Å²) in [6, 6.07) is 0. The van der Waals surface area contributed by atoms with Gasteiger partial charge in [-0.3, -0.25) is 4.79 Å². The number of carbonyl (C=O) groups excluding carboxylic acids is 1. The van der Waals surface area contributed by atoms with Crippen LogP contribution >= 0.6 is 0 Å². The van der Waals surface area contributed by atoms with Gasteiger partial charge in [-0.25, -0.2) is 0 Å². The lowest BCUT2D eigenvalue weighted by molar-refractivity contribution is -0.125. The van der Waals surface area contributed by atoms with Gasteiger partial charge in [0.2, 0.25) is 5.91 Å². The van der Waals surface area contributed by atoms with Gasteiger partial charge in [-0.15, -0.1) is 0 Å². The summed E-state index contributed by atoms with van der Waals surface area (Å²) in [6.45, 7) is 8.63. The largest absolute Gasteiger partial charge is 0.379 e. The minimum absolute atomic E-state index is 0.0974. The Balaban J connectivity index is 4.61. The zero-order valence-electron chi connectivity index (χ0n) is 17.3. The molecule has 0 rings (SSSR count). The molecule has 0 aromatic heterocycles. The molecular formula is C19H41N3O4. The predicted octanol–water partition coefficient (Wildman–Crippen LogP) is 1.32. The molecule has 0 unspecified atom stereocenters. The van der Waals surface area contributed by atoms with Crippen LogP contribution in [0.15, 0.2) is 0 Å². The Hall–Kier alpha value is -0.730. The third-order valence-corrected chi connectivity index (χ3v) is 3.90. The molecule has 0 aliphatic rings. The molecule has 0 saturated carbocycles. The van der Waals surface area contributed by atoms with E-state index >= 15 is 0 Å². The predicted molar refractivity (Wildman–Crippen MR) is 106 cm³/mol. The lowest BCUT2D eigenvalue weighted by Gasteiger charge is -2.34. The Morgan fingerprint density at radius 3 is 1.65 bits per heavy atom. The molecule has 0 saturated heterocycles. The van der Waals surface area contributed by atoms with Crippen LogP contribution in [0.3, 0.4) is 0 Å². The molecule has 0 atom stereocenters. The summed E-state index contributed by atoms with van der Waals surface area (Å²) >= 11 is 0. The highest BCUT2D eigenvalue weighted by molar-refractivity contribution is 5.73. The summed E-state index contributed by atoms with van der Waals surface area (Å²) in [5, 5.41) is 9.22. The number of unbranched alkanes of at least 4 members (excludes halogenated alkanes) is 2. The van der Waals surface area contributed by atoms with Crippen LogP contribution in [0.4, 0.5) is 0 Å². The zero-order valence-corrected chi connectivity index (χ0v) is 17.3. The maximum Gasteiger partial charge on any atom is 0.217 e. The number of ether oxygens (including phenoxy) is 3. The molecule has 0 fully saturated rings. The quantitative estimate of drug-likeness (QED) is 0.296.